The molecule has 0 aliphatic carbocycles. The predicted molar refractivity (Wildman–Crippen MR) is 124 cm³/mol. The average molecular weight is 495 g/mol. The number of piperidine rings is 1. The molecule has 0 atom stereocenters. The molecule has 1 aliphatic heterocycles. The summed E-state index contributed by atoms with van der Waals surface area (Å²) in [5.41, 5.74) is 0.968. The molecule has 1 N–H and O–H groups in total. The minimum atomic E-state index is -3.96. The van der Waals surface area contributed by atoms with Gasteiger partial charge in [0, 0.05) is 30.2 Å². The van der Waals surface area contributed by atoms with Gasteiger partial charge in [0.05, 0.1) is 19.6 Å². The first-order chi connectivity index (χ1) is 15.7. The fraction of sp³-hybridized carbons (Fsp3) is 0.391. The summed E-state index contributed by atoms with van der Waals surface area (Å²) in [5, 5.41) is 0.556. The molecule has 0 bridgehead atoms. The fourth-order valence-corrected chi connectivity index (χ4v) is 4.98. The zero-order valence-electron chi connectivity index (χ0n) is 18.5. The molecule has 2 aromatic rings. The van der Waals surface area contributed by atoms with Gasteiger partial charge in [0.15, 0.2) is 0 Å². The van der Waals surface area contributed by atoms with E-state index < -0.39 is 10.0 Å². The third-order valence-electron chi connectivity index (χ3n) is 5.48. The first-order valence-electron chi connectivity index (χ1n) is 10.6. The Kier molecular flexibility index (Phi) is 8.34. The number of ether oxygens (including phenoxy) is 2. The highest BCUT2D eigenvalue weighted by atomic mass is 35.5. The second-order valence-electron chi connectivity index (χ2n) is 7.64. The van der Waals surface area contributed by atoms with Crippen LogP contribution < -0.4 is 9.46 Å². The molecular formula is C23H27ClN2O6S. The molecule has 1 saturated heterocycles. The minimum Gasteiger partial charge on any atom is -0.495 e. The van der Waals surface area contributed by atoms with E-state index in [0.717, 1.165) is 5.56 Å². The number of nitrogens with zero attached hydrogens (tertiary/aromatic N) is 1. The summed E-state index contributed by atoms with van der Waals surface area (Å²) >= 11 is 5.87. The van der Waals surface area contributed by atoms with Crippen molar-refractivity contribution in [3.63, 3.8) is 0 Å². The molecule has 0 radical (unpaired) electrons. The van der Waals surface area contributed by atoms with Crippen molar-refractivity contribution >= 4 is 33.5 Å². The van der Waals surface area contributed by atoms with E-state index in [2.05, 4.69) is 4.72 Å². The highest BCUT2D eigenvalue weighted by Crippen LogP contribution is 2.27. The first kappa shape index (κ1) is 25.0. The van der Waals surface area contributed by atoms with Crippen molar-refractivity contribution in [2.45, 2.75) is 31.2 Å². The van der Waals surface area contributed by atoms with Gasteiger partial charge in [0.1, 0.15) is 10.6 Å². The van der Waals surface area contributed by atoms with Gasteiger partial charge in [-0.3, -0.25) is 9.59 Å². The van der Waals surface area contributed by atoms with Crippen molar-refractivity contribution in [2.75, 3.05) is 26.8 Å². The number of rotatable bonds is 8. The topological polar surface area (TPSA) is 102 Å². The van der Waals surface area contributed by atoms with Gasteiger partial charge in [-0.1, -0.05) is 23.7 Å². The molecule has 10 heteroatoms. The van der Waals surface area contributed by atoms with Crippen molar-refractivity contribution in [2.24, 2.45) is 5.92 Å². The normalized spacial score (nSPS) is 14.7. The van der Waals surface area contributed by atoms with E-state index in [1.165, 1.54) is 25.3 Å². The van der Waals surface area contributed by atoms with Crippen LogP contribution >= 0.6 is 11.6 Å². The number of likely N-dealkylation sites (tertiary alicyclic amines) is 1. The Labute approximate surface area is 198 Å². The number of methoxy groups -OCH3 is 1. The van der Waals surface area contributed by atoms with E-state index in [9.17, 15) is 18.0 Å². The van der Waals surface area contributed by atoms with Crippen molar-refractivity contribution in [3.8, 4) is 5.75 Å². The van der Waals surface area contributed by atoms with Gasteiger partial charge in [-0.15, -0.1) is 0 Å². The standard InChI is InChI=1S/C23H27ClN2O6S/c1-3-32-23(28)17-10-12-26(13-11-17)22(27)18-6-9-20(31-2)21(14-18)33(29,30)25-15-16-4-7-19(24)8-5-16/h4-9,14,17,25H,3,10-13,15H2,1-2H3. The maximum absolute atomic E-state index is 13.0. The number of halogens is 1. The monoisotopic (exact) mass is 494 g/mol. The SMILES string of the molecule is CCOC(=O)C1CCN(C(=O)c2ccc(OC)c(S(=O)(=O)NCc3ccc(Cl)cc3)c2)CC1. The van der Waals surface area contributed by atoms with Crippen LogP contribution in [-0.2, 0) is 26.1 Å². The van der Waals surface area contributed by atoms with Crippen LogP contribution in [0.25, 0.3) is 0 Å². The van der Waals surface area contributed by atoms with Crippen molar-refractivity contribution in [1.82, 2.24) is 9.62 Å². The largest absolute Gasteiger partial charge is 0.495 e. The maximum Gasteiger partial charge on any atom is 0.309 e. The average Bonchev–Trinajstić information content (AvgIpc) is 2.83. The second kappa shape index (κ2) is 11.0. The molecule has 2 aromatic carbocycles. The van der Waals surface area contributed by atoms with Gasteiger partial charge < -0.3 is 14.4 Å². The van der Waals surface area contributed by atoms with E-state index in [0.29, 0.717) is 37.6 Å². The van der Waals surface area contributed by atoms with Gasteiger partial charge in [-0.2, -0.15) is 0 Å². The van der Waals surface area contributed by atoms with Gasteiger partial charge in [0.25, 0.3) is 5.91 Å². The molecule has 0 spiro atoms. The molecule has 8 nitrogen and oxygen atoms in total. The van der Waals surface area contributed by atoms with Gasteiger partial charge in [-0.05, 0) is 55.7 Å². The molecule has 0 unspecified atom stereocenters. The molecule has 1 aliphatic rings. The number of sulfonamides is 1. The minimum absolute atomic E-state index is 0.0577. The second-order valence-corrected chi connectivity index (χ2v) is 9.81. The number of esters is 1. The van der Waals surface area contributed by atoms with Crippen LogP contribution in [0.2, 0.25) is 5.02 Å². The summed E-state index contributed by atoms with van der Waals surface area (Å²) in [7, 11) is -2.59. The van der Waals surface area contributed by atoms with E-state index >= 15 is 0 Å². The third kappa shape index (κ3) is 6.25. The van der Waals surface area contributed by atoms with Gasteiger partial charge >= 0.3 is 5.97 Å². The summed E-state index contributed by atoms with van der Waals surface area (Å²) in [6.45, 7) is 2.93. The smallest absolute Gasteiger partial charge is 0.309 e. The molecule has 1 heterocycles. The van der Waals surface area contributed by atoms with Crippen molar-refractivity contribution < 1.29 is 27.5 Å². The van der Waals surface area contributed by atoms with Crippen LogP contribution in [0, 0.1) is 5.92 Å². The Hall–Kier alpha value is -2.62. The third-order valence-corrected chi connectivity index (χ3v) is 7.16. The molecule has 0 saturated carbocycles. The van der Waals surface area contributed by atoms with Gasteiger partial charge in [-0.25, -0.2) is 13.1 Å². The number of nitrogens with one attached hydrogen (secondary N) is 1. The highest BCUT2D eigenvalue weighted by molar-refractivity contribution is 7.89. The lowest BCUT2D eigenvalue weighted by molar-refractivity contribution is -0.149. The number of carbonyl (C=O) groups excluding carboxylic acids is 2. The van der Waals surface area contributed by atoms with E-state index in [1.807, 2.05) is 0 Å². The zero-order valence-corrected chi connectivity index (χ0v) is 20.1. The summed E-state index contributed by atoms with van der Waals surface area (Å²) in [4.78, 5) is 26.5. The Bertz CT molecular complexity index is 1100. The lowest BCUT2D eigenvalue weighted by Crippen LogP contribution is -2.40. The highest BCUT2D eigenvalue weighted by Gasteiger charge is 2.30. The van der Waals surface area contributed by atoms with Crippen LogP contribution in [0.1, 0.15) is 35.7 Å². The predicted octanol–water partition coefficient (Wildman–Crippen LogP) is 3.24. The Morgan fingerprint density at radius 3 is 2.39 bits per heavy atom. The molecule has 1 fully saturated rings. The molecule has 0 aromatic heterocycles. The Balaban J connectivity index is 1.74. The number of hydrogen-bond acceptors (Lipinski definition) is 6. The van der Waals surface area contributed by atoms with E-state index in [4.69, 9.17) is 21.1 Å². The van der Waals surface area contributed by atoms with E-state index in [1.54, 1.807) is 36.1 Å². The van der Waals surface area contributed by atoms with Gasteiger partial charge in [0.2, 0.25) is 10.0 Å². The van der Waals surface area contributed by atoms with Crippen molar-refractivity contribution in [1.29, 1.82) is 0 Å². The van der Waals surface area contributed by atoms with Crippen LogP contribution in [0.5, 0.6) is 5.75 Å². The molecule has 1 amide bonds. The van der Waals surface area contributed by atoms with E-state index in [-0.39, 0.29) is 40.5 Å². The lowest BCUT2D eigenvalue weighted by atomic mass is 9.96. The van der Waals surface area contributed by atoms with Crippen LogP contribution in [0.3, 0.4) is 0 Å². The van der Waals surface area contributed by atoms with Crippen molar-refractivity contribution in [3.05, 3.63) is 58.6 Å². The summed E-state index contributed by atoms with van der Waals surface area (Å²) < 4.78 is 38.8. The molecule has 178 valence electrons. The maximum atomic E-state index is 13.0. The summed E-state index contributed by atoms with van der Waals surface area (Å²) in [6.07, 6.45) is 1.02. The van der Waals surface area contributed by atoms with Crippen LogP contribution in [0.4, 0.5) is 0 Å². The zero-order chi connectivity index (χ0) is 24.0. The summed E-state index contributed by atoms with van der Waals surface area (Å²) in [6, 6.07) is 11.1. The quantitative estimate of drug-likeness (QED) is 0.565. The Morgan fingerprint density at radius 2 is 1.79 bits per heavy atom. The number of benzene rings is 2. The fourth-order valence-electron chi connectivity index (χ4n) is 3.64. The van der Waals surface area contributed by atoms with Crippen LogP contribution in [-0.4, -0.2) is 52.0 Å². The molecule has 33 heavy (non-hydrogen) atoms. The number of amides is 1. The number of carbonyl (C=O) groups is 2. The first-order valence-corrected chi connectivity index (χ1v) is 12.5. The van der Waals surface area contributed by atoms with Crippen LogP contribution in [0.15, 0.2) is 47.4 Å². The molecular weight excluding hydrogens is 468 g/mol. The number of hydrogen-bond donors (Lipinski definition) is 1. The Morgan fingerprint density at radius 1 is 1.12 bits per heavy atom. The molecule has 3 rings (SSSR count). The summed E-state index contributed by atoms with van der Waals surface area (Å²) in [5.74, 6) is -0.627. The lowest BCUT2D eigenvalue weighted by Gasteiger charge is -2.31.